The molecule has 0 N–H and O–H groups in total. The normalized spacial score (nSPS) is 26.1. The van der Waals surface area contributed by atoms with Crippen LogP contribution in [0.4, 0.5) is 0 Å². The van der Waals surface area contributed by atoms with Crippen molar-refractivity contribution in [1.29, 1.82) is 0 Å². The van der Waals surface area contributed by atoms with Crippen molar-refractivity contribution in [1.82, 2.24) is 5.06 Å². The molecule has 0 saturated carbocycles. The van der Waals surface area contributed by atoms with Crippen molar-refractivity contribution >= 4 is 10.8 Å². The molecular formula is C4H8NO2S-. The zero-order valence-corrected chi connectivity index (χ0v) is 5.32. The lowest BCUT2D eigenvalue weighted by Crippen LogP contribution is -2.33. The molecule has 1 saturated heterocycles. The summed E-state index contributed by atoms with van der Waals surface area (Å²) in [6.45, 7) is 0.902. The van der Waals surface area contributed by atoms with E-state index in [1.54, 1.807) is 0 Å². The lowest BCUT2D eigenvalue weighted by atomic mass is 10.6. The van der Waals surface area contributed by atoms with Crippen molar-refractivity contribution in [3.05, 3.63) is 5.21 Å². The first-order chi connectivity index (χ1) is 3.79. The molecule has 1 aliphatic rings. The molecule has 1 aliphatic heterocycles. The van der Waals surface area contributed by atoms with E-state index in [4.69, 9.17) is 0 Å². The lowest BCUT2D eigenvalue weighted by Gasteiger charge is -2.31. The van der Waals surface area contributed by atoms with E-state index < -0.39 is 10.8 Å². The van der Waals surface area contributed by atoms with Gasteiger partial charge in [-0.15, -0.1) is 0 Å². The summed E-state index contributed by atoms with van der Waals surface area (Å²) in [4.78, 5) is 0. The van der Waals surface area contributed by atoms with Gasteiger partial charge in [0, 0.05) is 22.3 Å². The molecule has 3 nitrogen and oxygen atoms in total. The van der Waals surface area contributed by atoms with E-state index in [0.29, 0.717) is 24.6 Å². The van der Waals surface area contributed by atoms with E-state index in [-0.39, 0.29) is 0 Å². The largest absolute Gasteiger partial charge is 0.785 e. The van der Waals surface area contributed by atoms with Crippen molar-refractivity contribution in [2.24, 2.45) is 0 Å². The topological polar surface area (TPSA) is 43.4 Å². The van der Waals surface area contributed by atoms with Gasteiger partial charge in [-0.25, -0.2) is 0 Å². The van der Waals surface area contributed by atoms with Crippen LogP contribution < -0.4 is 0 Å². The zero-order valence-electron chi connectivity index (χ0n) is 4.50. The molecule has 1 heterocycles. The second-order valence-corrected chi connectivity index (χ2v) is 3.47. The van der Waals surface area contributed by atoms with Gasteiger partial charge in [0.05, 0.1) is 0 Å². The van der Waals surface area contributed by atoms with Crippen molar-refractivity contribution in [3.63, 3.8) is 0 Å². The predicted octanol–water partition coefficient (Wildman–Crippen LogP) is -0.451. The summed E-state index contributed by atoms with van der Waals surface area (Å²) in [5.41, 5.74) is 0. The van der Waals surface area contributed by atoms with Crippen LogP contribution in [-0.4, -0.2) is 33.9 Å². The molecule has 0 spiro atoms. The number of hydroxylamine groups is 2. The highest BCUT2D eigenvalue weighted by Crippen LogP contribution is 1.95. The van der Waals surface area contributed by atoms with E-state index in [2.05, 4.69) is 0 Å². The van der Waals surface area contributed by atoms with E-state index >= 15 is 0 Å². The minimum absolute atomic E-state index is 0.451. The van der Waals surface area contributed by atoms with Crippen LogP contribution in [0.5, 0.6) is 0 Å². The Morgan fingerprint density at radius 2 is 1.88 bits per heavy atom. The number of rotatable bonds is 0. The van der Waals surface area contributed by atoms with Gasteiger partial charge in [-0.1, -0.05) is 0 Å². The van der Waals surface area contributed by atoms with Gasteiger partial charge in [0.1, 0.15) is 0 Å². The SMILES string of the molecule is O=S1CCN([O-])CC1. The van der Waals surface area contributed by atoms with Gasteiger partial charge in [-0.3, -0.25) is 4.21 Å². The van der Waals surface area contributed by atoms with Crippen LogP contribution in [-0.2, 0) is 10.8 Å². The fourth-order valence-electron chi connectivity index (χ4n) is 0.621. The summed E-state index contributed by atoms with van der Waals surface area (Å²) in [6.07, 6.45) is 0. The molecule has 1 rings (SSSR count). The molecule has 0 bridgehead atoms. The van der Waals surface area contributed by atoms with Gasteiger partial charge in [-0.05, 0) is 13.1 Å². The first-order valence-corrected chi connectivity index (χ1v) is 4.05. The Hall–Kier alpha value is 0.0700. The van der Waals surface area contributed by atoms with Gasteiger partial charge >= 0.3 is 0 Å². The summed E-state index contributed by atoms with van der Waals surface area (Å²) in [5, 5.41) is 11.4. The third kappa shape index (κ3) is 1.54. The monoisotopic (exact) mass is 134 g/mol. The Labute approximate surface area is 50.7 Å². The lowest BCUT2D eigenvalue weighted by molar-refractivity contribution is 0.413. The van der Waals surface area contributed by atoms with Gasteiger partial charge in [0.15, 0.2) is 0 Å². The van der Waals surface area contributed by atoms with Crippen LogP contribution in [0.25, 0.3) is 0 Å². The molecule has 8 heavy (non-hydrogen) atoms. The molecule has 0 aromatic rings. The summed E-state index contributed by atoms with van der Waals surface area (Å²) in [7, 11) is -0.703. The Kier molecular flexibility index (Phi) is 1.99. The molecule has 0 aromatic heterocycles. The molecule has 0 aliphatic carbocycles. The van der Waals surface area contributed by atoms with Crippen molar-refractivity contribution in [2.75, 3.05) is 24.6 Å². The molecule has 0 radical (unpaired) electrons. The molecule has 0 aromatic carbocycles. The standard InChI is InChI=1S/C4H8NO2S/c6-5-1-3-8(7)4-2-5/h1-4H2/q-1. The maximum absolute atomic E-state index is 10.6. The fraction of sp³-hybridized carbons (Fsp3) is 1.00. The van der Waals surface area contributed by atoms with E-state index in [1.807, 2.05) is 0 Å². The third-order valence-electron chi connectivity index (χ3n) is 1.14. The second kappa shape index (κ2) is 2.57. The van der Waals surface area contributed by atoms with Gasteiger partial charge < -0.3 is 10.3 Å². The van der Waals surface area contributed by atoms with E-state index in [9.17, 15) is 9.42 Å². The first kappa shape index (κ1) is 6.19. The molecule has 48 valence electrons. The van der Waals surface area contributed by atoms with Crippen LogP contribution >= 0.6 is 0 Å². The third-order valence-corrected chi connectivity index (χ3v) is 2.41. The van der Waals surface area contributed by atoms with Crippen molar-refractivity contribution in [3.8, 4) is 0 Å². The van der Waals surface area contributed by atoms with Crippen LogP contribution in [0.1, 0.15) is 0 Å². The minimum Gasteiger partial charge on any atom is -0.785 e. The minimum atomic E-state index is -0.703. The van der Waals surface area contributed by atoms with Gasteiger partial charge in [0.2, 0.25) is 0 Å². The summed E-state index contributed by atoms with van der Waals surface area (Å²) in [6, 6.07) is 0. The highest BCUT2D eigenvalue weighted by Gasteiger charge is 2.06. The first-order valence-electron chi connectivity index (χ1n) is 2.56. The molecule has 1 fully saturated rings. The molecule has 0 unspecified atom stereocenters. The Morgan fingerprint density at radius 3 is 2.25 bits per heavy atom. The Morgan fingerprint density at radius 1 is 1.38 bits per heavy atom. The van der Waals surface area contributed by atoms with E-state index in [1.165, 1.54) is 0 Å². The van der Waals surface area contributed by atoms with Crippen molar-refractivity contribution < 1.29 is 4.21 Å². The maximum Gasteiger partial charge on any atom is 0.0353 e. The summed E-state index contributed by atoms with van der Waals surface area (Å²) in [5.74, 6) is 1.12. The average Bonchev–Trinajstić information content (AvgIpc) is 1.77. The zero-order chi connectivity index (χ0) is 5.98. The van der Waals surface area contributed by atoms with Gasteiger partial charge in [0.25, 0.3) is 0 Å². The highest BCUT2D eigenvalue weighted by atomic mass is 32.2. The van der Waals surface area contributed by atoms with Crippen LogP contribution in [0.3, 0.4) is 0 Å². The van der Waals surface area contributed by atoms with Crippen LogP contribution in [0.15, 0.2) is 0 Å². The predicted molar refractivity (Wildman–Crippen MR) is 32.8 cm³/mol. The smallest absolute Gasteiger partial charge is 0.0353 e. The summed E-state index contributed by atoms with van der Waals surface area (Å²) >= 11 is 0. The van der Waals surface area contributed by atoms with Gasteiger partial charge in [-0.2, -0.15) is 0 Å². The Bertz CT molecular complexity index is 96.2. The molecular weight excluding hydrogens is 126 g/mol. The van der Waals surface area contributed by atoms with Crippen LogP contribution in [0, 0.1) is 5.21 Å². The molecule has 4 heteroatoms. The van der Waals surface area contributed by atoms with Crippen molar-refractivity contribution in [2.45, 2.75) is 0 Å². The number of nitrogens with zero attached hydrogens (tertiary/aromatic N) is 1. The average molecular weight is 134 g/mol. The Balaban J connectivity index is 2.29. The fourth-order valence-corrected chi connectivity index (χ4v) is 1.64. The van der Waals surface area contributed by atoms with Crippen LogP contribution in [0.2, 0.25) is 0 Å². The summed E-state index contributed by atoms with van der Waals surface area (Å²) < 4.78 is 10.6. The quantitative estimate of drug-likeness (QED) is 0.450. The van der Waals surface area contributed by atoms with E-state index in [0.717, 1.165) is 5.06 Å². The second-order valence-electron chi connectivity index (χ2n) is 1.78. The highest BCUT2D eigenvalue weighted by molar-refractivity contribution is 7.85. The number of hydrogen-bond acceptors (Lipinski definition) is 3. The number of hydrogen-bond donors (Lipinski definition) is 0. The molecule has 0 amide bonds. The maximum atomic E-state index is 10.6. The molecule has 0 atom stereocenters.